The molecular weight excluding hydrogens is 1120 g/mol. The minimum Gasteiger partial charge on any atom is -0.456 e. The zero-order chi connectivity index (χ0) is 64.9. The number of hydrogen-bond donors (Lipinski definition) is 2. The van der Waals surface area contributed by atoms with Crippen LogP contribution in [0.3, 0.4) is 0 Å². The number of carbonyl (C=O) groups is 2. The second-order valence-electron chi connectivity index (χ2n) is 27.2. The summed E-state index contributed by atoms with van der Waals surface area (Å²) >= 11 is 0. The Hall–Kier alpha value is -2.55. The standard InChI is InChI=1S/C79H147N2O7P/c1-7-10-13-16-19-22-25-27-29-31-33-35-37-39-40-42-44-46-48-50-52-54-57-60-63-66-69-72-79(83)88-77(70-67-64-61-58-55-24-21-18-15-12-9-3)76(75-87-89(84,85)86-74-73-81(4,5)6)80-78(82)71-68-65-62-59-56-53-51-49-47-45-43-41-38-36-34-32-30-28-26-23-20-17-14-11-8-2/h20,23,27-30,34,36,41,43,67,70,76-77H,7-19,21-22,24-26,31-33,35,37-40,42,44-66,68-69,71-75H2,1-6H3,(H-,80,82,84,85)/p+1/b23-20-,29-27+,30-28-,36-34-,43-41-,70-67+. The van der Waals surface area contributed by atoms with Crippen molar-refractivity contribution in [1.29, 1.82) is 0 Å². The molecule has 520 valence electrons. The van der Waals surface area contributed by atoms with Crippen LogP contribution in [0, 0.1) is 0 Å². The number of likely N-dealkylation sites (N-methyl/N-ethyl adjacent to an activating group) is 1. The summed E-state index contributed by atoms with van der Waals surface area (Å²) in [6.45, 7) is 7.02. The highest BCUT2D eigenvalue weighted by Gasteiger charge is 2.30. The Bertz CT molecular complexity index is 1750. The molecule has 89 heavy (non-hydrogen) atoms. The Morgan fingerprint density at radius 3 is 1.06 bits per heavy atom. The molecule has 0 aliphatic rings. The molecule has 0 bridgehead atoms. The van der Waals surface area contributed by atoms with E-state index in [1.54, 1.807) is 0 Å². The zero-order valence-corrected chi connectivity index (χ0v) is 60.6. The van der Waals surface area contributed by atoms with E-state index in [-0.39, 0.29) is 25.1 Å². The van der Waals surface area contributed by atoms with Crippen LogP contribution in [0.1, 0.15) is 367 Å². The minimum atomic E-state index is -4.46. The van der Waals surface area contributed by atoms with Gasteiger partial charge in [-0.05, 0) is 102 Å². The van der Waals surface area contributed by atoms with Crippen LogP contribution in [0.5, 0.6) is 0 Å². The molecule has 9 nitrogen and oxygen atoms in total. The van der Waals surface area contributed by atoms with Crippen LogP contribution in [0.4, 0.5) is 0 Å². The van der Waals surface area contributed by atoms with Crippen molar-refractivity contribution in [3.05, 3.63) is 72.9 Å². The van der Waals surface area contributed by atoms with E-state index in [0.717, 1.165) is 89.9 Å². The normalized spacial score (nSPS) is 13.8. The van der Waals surface area contributed by atoms with Crippen LogP contribution in [0.15, 0.2) is 72.9 Å². The van der Waals surface area contributed by atoms with Crippen LogP contribution in [0.25, 0.3) is 0 Å². The second kappa shape index (κ2) is 68.3. The third-order valence-electron chi connectivity index (χ3n) is 17.1. The molecule has 3 atom stereocenters. The first-order valence-electron chi connectivity index (χ1n) is 38.3. The molecule has 0 saturated heterocycles. The third kappa shape index (κ3) is 69.6. The van der Waals surface area contributed by atoms with E-state index in [0.29, 0.717) is 23.9 Å². The van der Waals surface area contributed by atoms with Crippen molar-refractivity contribution in [2.45, 2.75) is 380 Å². The number of rotatable bonds is 70. The first-order chi connectivity index (χ1) is 43.4. The minimum absolute atomic E-state index is 0.0383. The maximum Gasteiger partial charge on any atom is 0.472 e. The highest BCUT2D eigenvalue weighted by molar-refractivity contribution is 7.47. The van der Waals surface area contributed by atoms with Crippen molar-refractivity contribution >= 4 is 19.7 Å². The van der Waals surface area contributed by atoms with E-state index in [1.165, 1.54) is 244 Å². The molecule has 0 radical (unpaired) electrons. The highest BCUT2D eigenvalue weighted by atomic mass is 31.2. The molecule has 0 saturated carbocycles. The Morgan fingerprint density at radius 2 is 0.685 bits per heavy atom. The maximum absolute atomic E-state index is 13.6. The lowest BCUT2D eigenvalue weighted by molar-refractivity contribution is -0.870. The number of phosphoric acid groups is 1. The van der Waals surface area contributed by atoms with Gasteiger partial charge in [0, 0.05) is 12.8 Å². The summed E-state index contributed by atoms with van der Waals surface area (Å²) in [4.78, 5) is 38.0. The summed E-state index contributed by atoms with van der Waals surface area (Å²) in [6, 6.07) is -0.854. The molecular formula is C79H148N2O7P+. The second-order valence-corrected chi connectivity index (χ2v) is 28.6. The number of hydrogen-bond acceptors (Lipinski definition) is 6. The third-order valence-corrected chi connectivity index (χ3v) is 18.1. The van der Waals surface area contributed by atoms with E-state index in [4.69, 9.17) is 13.8 Å². The molecule has 0 rings (SSSR count). The maximum atomic E-state index is 13.6. The van der Waals surface area contributed by atoms with Crippen molar-refractivity contribution in [3.8, 4) is 0 Å². The van der Waals surface area contributed by atoms with Crippen LogP contribution in [0.2, 0.25) is 0 Å². The van der Waals surface area contributed by atoms with Crippen LogP contribution in [-0.4, -0.2) is 74.3 Å². The van der Waals surface area contributed by atoms with Gasteiger partial charge in [0.15, 0.2) is 0 Å². The fourth-order valence-corrected chi connectivity index (χ4v) is 12.0. The number of quaternary nitrogens is 1. The molecule has 10 heteroatoms. The molecule has 0 spiro atoms. The molecule has 2 N–H and O–H groups in total. The largest absolute Gasteiger partial charge is 0.472 e. The van der Waals surface area contributed by atoms with Crippen LogP contribution in [-0.2, 0) is 27.9 Å². The number of phosphoric ester groups is 1. The van der Waals surface area contributed by atoms with Gasteiger partial charge in [0.05, 0.1) is 33.8 Å². The number of nitrogens with zero attached hydrogens (tertiary/aromatic N) is 1. The summed E-state index contributed by atoms with van der Waals surface area (Å²) in [5.41, 5.74) is 0. The number of esters is 1. The first kappa shape index (κ1) is 86.5. The number of nitrogens with one attached hydrogen (secondary N) is 1. The number of ether oxygens (including phenoxy) is 1. The fraction of sp³-hybridized carbons (Fsp3) is 0.823. The van der Waals surface area contributed by atoms with Crippen molar-refractivity contribution in [2.24, 2.45) is 0 Å². The van der Waals surface area contributed by atoms with Gasteiger partial charge < -0.3 is 19.4 Å². The molecule has 1 amide bonds. The van der Waals surface area contributed by atoms with Gasteiger partial charge in [-0.1, -0.05) is 325 Å². The zero-order valence-electron chi connectivity index (χ0n) is 59.7. The van der Waals surface area contributed by atoms with E-state index in [9.17, 15) is 19.0 Å². The summed E-state index contributed by atoms with van der Waals surface area (Å²) < 4.78 is 30.9. The van der Waals surface area contributed by atoms with E-state index < -0.39 is 20.0 Å². The number of carbonyl (C=O) groups excluding carboxylic acids is 2. The number of unbranched alkanes of at least 4 members (excludes halogenated alkanes) is 44. The Balaban J connectivity index is 4.93. The van der Waals surface area contributed by atoms with Crippen LogP contribution < -0.4 is 5.32 Å². The van der Waals surface area contributed by atoms with Gasteiger partial charge >= 0.3 is 13.8 Å². The highest BCUT2D eigenvalue weighted by Crippen LogP contribution is 2.43. The molecule has 3 unspecified atom stereocenters. The van der Waals surface area contributed by atoms with Crippen molar-refractivity contribution < 1.29 is 37.3 Å². The average molecular weight is 1270 g/mol. The van der Waals surface area contributed by atoms with Crippen molar-refractivity contribution in [1.82, 2.24) is 5.32 Å². The van der Waals surface area contributed by atoms with Gasteiger partial charge in [-0.15, -0.1) is 0 Å². The van der Waals surface area contributed by atoms with E-state index >= 15 is 0 Å². The Morgan fingerprint density at radius 1 is 0.393 bits per heavy atom. The van der Waals surface area contributed by atoms with Gasteiger partial charge in [0.1, 0.15) is 19.3 Å². The number of amides is 1. The molecule has 0 aromatic heterocycles. The van der Waals surface area contributed by atoms with Gasteiger partial charge in [-0.25, -0.2) is 4.57 Å². The van der Waals surface area contributed by atoms with E-state index in [1.807, 2.05) is 33.3 Å². The molecule has 0 heterocycles. The quantitative estimate of drug-likeness (QED) is 0.0205. The van der Waals surface area contributed by atoms with Gasteiger partial charge in [0.2, 0.25) is 5.91 Å². The fourth-order valence-electron chi connectivity index (χ4n) is 11.2. The molecule has 0 fully saturated rings. The Labute approximate surface area is 553 Å². The van der Waals surface area contributed by atoms with Crippen LogP contribution >= 0.6 is 7.82 Å². The average Bonchev–Trinajstić information content (AvgIpc) is 3.62. The summed E-state index contributed by atoms with van der Waals surface area (Å²) in [5.74, 6) is -0.499. The summed E-state index contributed by atoms with van der Waals surface area (Å²) in [7, 11) is 1.50. The molecule has 0 aromatic carbocycles. The van der Waals surface area contributed by atoms with Crippen molar-refractivity contribution in [3.63, 3.8) is 0 Å². The van der Waals surface area contributed by atoms with E-state index in [2.05, 4.69) is 86.8 Å². The lowest BCUT2D eigenvalue weighted by atomic mass is 10.0. The van der Waals surface area contributed by atoms with Gasteiger partial charge in [-0.3, -0.25) is 18.6 Å². The molecule has 0 aromatic rings. The first-order valence-corrected chi connectivity index (χ1v) is 39.8. The smallest absolute Gasteiger partial charge is 0.456 e. The Kier molecular flexibility index (Phi) is 66.4. The molecule has 0 aliphatic heterocycles. The van der Waals surface area contributed by atoms with Crippen molar-refractivity contribution in [2.75, 3.05) is 40.9 Å². The molecule has 0 aliphatic carbocycles. The lowest BCUT2D eigenvalue weighted by Crippen LogP contribution is -2.47. The van der Waals surface area contributed by atoms with Gasteiger partial charge in [0.25, 0.3) is 0 Å². The van der Waals surface area contributed by atoms with Gasteiger partial charge in [-0.2, -0.15) is 0 Å². The number of allylic oxidation sites excluding steroid dienone is 11. The lowest BCUT2D eigenvalue weighted by Gasteiger charge is -2.27. The predicted octanol–water partition coefficient (Wildman–Crippen LogP) is 24.7. The predicted molar refractivity (Wildman–Crippen MR) is 388 cm³/mol. The topological polar surface area (TPSA) is 111 Å². The summed E-state index contributed by atoms with van der Waals surface area (Å²) in [6.07, 6.45) is 90.7. The SMILES string of the molecule is CCCCC/C=C\C/C=C\C/C=C\C/C=C\CCCCCCCCCCCC(=O)NC(COP(=O)(O)OCC[N+](C)(C)C)C(/C=C/CCCCCCCCCCC)OC(=O)CCCCCCCCCCCCCCCCCCC/C=C/CCCCCCCC. The monoisotopic (exact) mass is 1270 g/mol. The summed E-state index contributed by atoms with van der Waals surface area (Å²) in [5, 5.41) is 3.07.